The molecule has 6 heteroatoms. The number of carbonyl (C=O) groups is 2. The molecule has 1 aromatic heterocycles. The topological polar surface area (TPSA) is 65.6 Å². The lowest BCUT2D eigenvalue weighted by Crippen LogP contribution is -2.46. The number of para-hydroxylation sites is 2. The normalized spacial score (nSPS) is 18.1. The maximum Gasteiger partial charge on any atom is 0.257 e. The summed E-state index contributed by atoms with van der Waals surface area (Å²) in [4.78, 5) is 34.0. The highest BCUT2D eigenvalue weighted by atomic mass is 16.5. The Labute approximate surface area is 214 Å². The van der Waals surface area contributed by atoms with Gasteiger partial charge < -0.3 is 19.5 Å². The van der Waals surface area contributed by atoms with Gasteiger partial charge in [-0.05, 0) is 48.9 Å². The van der Waals surface area contributed by atoms with Crippen molar-refractivity contribution >= 4 is 22.7 Å². The number of fused-ring (bicyclic) bond motifs is 2. The average molecular weight is 490 g/mol. The fraction of sp³-hybridized carbons (Fsp3) is 0.467. The summed E-state index contributed by atoms with van der Waals surface area (Å²) in [6, 6.07) is 15.5. The third-order valence-electron chi connectivity index (χ3n) is 7.06. The van der Waals surface area contributed by atoms with Crippen LogP contribution in [0, 0.1) is 5.92 Å². The van der Waals surface area contributed by atoms with Crippen molar-refractivity contribution in [2.24, 2.45) is 5.92 Å². The van der Waals surface area contributed by atoms with E-state index in [2.05, 4.69) is 24.9 Å². The smallest absolute Gasteiger partial charge is 0.257 e. The number of rotatable bonds is 4. The summed E-state index contributed by atoms with van der Waals surface area (Å²) in [6.07, 6.45) is 7.12. The molecule has 0 unspecified atom stereocenters. The lowest BCUT2D eigenvalue weighted by atomic mass is 10.0. The van der Waals surface area contributed by atoms with Crippen molar-refractivity contribution in [3.8, 4) is 5.75 Å². The standard InChI is InChI=1S/C30H39N3O3/c1-22(2)18-24-21-36-28-15-9-7-13-26(28)30(35)32(3)16-10-4-5-11-17-33(24)29(34)19-23-20-31-27-14-8-6-12-25(23)27/h6-9,12-15,20,22,24,31H,4-5,10-11,16-19,21H2,1-3H3/t24-/m0/s1. The number of hydrogen-bond acceptors (Lipinski definition) is 3. The molecule has 2 aromatic carbocycles. The Bertz CT molecular complexity index is 1170. The van der Waals surface area contributed by atoms with Crippen LogP contribution in [0.1, 0.15) is 61.9 Å². The minimum atomic E-state index is -0.0634. The first-order valence-electron chi connectivity index (χ1n) is 13.3. The minimum Gasteiger partial charge on any atom is -0.491 e. The zero-order chi connectivity index (χ0) is 25.5. The molecule has 1 aliphatic rings. The molecule has 36 heavy (non-hydrogen) atoms. The van der Waals surface area contributed by atoms with Gasteiger partial charge in [0.1, 0.15) is 12.4 Å². The lowest BCUT2D eigenvalue weighted by Gasteiger charge is -2.33. The second-order valence-corrected chi connectivity index (χ2v) is 10.4. The first kappa shape index (κ1) is 25.8. The van der Waals surface area contributed by atoms with Crippen LogP contribution in [0.3, 0.4) is 0 Å². The van der Waals surface area contributed by atoms with Gasteiger partial charge in [0.15, 0.2) is 0 Å². The van der Waals surface area contributed by atoms with Gasteiger partial charge >= 0.3 is 0 Å². The van der Waals surface area contributed by atoms with Crippen molar-refractivity contribution in [3.05, 3.63) is 65.9 Å². The van der Waals surface area contributed by atoms with E-state index in [0.717, 1.165) is 55.1 Å². The molecule has 0 saturated carbocycles. The van der Waals surface area contributed by atoms with E-state index in [0.29, 0.717) is 36.8 Å². The predicted molar refractivity (Wildman–Crippen MR) is 144 cm³/mol. The van der Waals surface area contributed by atoms with Gasteiger partial charge in [-0.15, -0.1) is 0 Å². The first-order chi connectivity index (χ1) is 17.4. The molecule has 0 fully saturated rings. The fourth-order valence-corrected chi connectivity index (χ4v) is 5.13. The minimum absolute atomic E-state index is 0.0182. The number of H-pyrrole nitrogens is 1. The first-order valence-corrected chi connectivity index (χ1v) is 13.3. The summed E-state index contributed by atoms with van der Waals surface area (Å²) in [7, 11) is 1.86. The molecule has 4 rings (SSSR count). The van der Waals surface area contributed by atoms with Crippen molar-refractivity contribution in [1.29, 1.82) is 0 Å². The summed E-state index contributed by atoms with van der Waals surface area (Å²) < 4.78 is 6.30. The molecular formula is C30H39N3O3. The Morgan fingerprint density at radius 2 is 1.75 bits per heavy atom. The van der Waals surface area contributed by atoms with Crippen LogP contribution < -0.4 is 4.74 Å². The van der Waals surface area contributed by atoms with Crippen molar-refractivity contribution in [2.75, 3.05) is 26.7 Å². The third kappa shape index (κ3) is 6.28. The molecule has 2 amide bonds. The largest absolute Gasteiger partial charge is 0.491 e. The van der Waals surface area contributed by atoms with Gasteiger partial charge in [-0.1, -0.05) is 57.0 Å². The molecule has 1 aliphatic heterocycles. The van der Waals surface area contributed by atoms with Crippen molar-refractivity contribution in [3.63, 3.8) is 0 Å². The van der Waals surface area contributed by atoms with Crippen LogP contribution in [0.5, 0.6) is 5.75 Å². The number of amides is 2. The third-order valence-corrected chi connectivity index (χ3v) is 7.06. The van der Waals surface area contributed by atoms with Gasteiger partial charge in [0, 0.05) is 37.2 Å². The van der Waals surface area contributed by atoms with Gasteiger partial charge in [-0.2, -0.15) is 0 Å². The van der Waals surface area contributed by atoms with E-state index in [9.17, 15) is 9.59 Å². The van der Waals surface area contributed by atoms with E-state index in [1.807, 2.05) is 60.6 Å². The van der Waals surface area contributed by atoms with Gasteiger partial charge in [-0.25, -0.2) is 0 Å². The highest BCUT2D eigenvalue weighted by Crippen LogP contribution is 2.24. The van der Waals surface area contributed by atoms with E-state index < -0.39 is 0 Å². The summed E-state index contributed by atoms with van der Waals surface area (Å²) in [5, 5.41) is 1.10. The Hall–Kier alpha value is -3.28. The number of nitrogens with zero attached hydrogens (tertiary/aromatic N) is 2. The van der Waals surface area contributed by atoms with Crippen LogP contribution in [0.15, 0.2) is 54.7 Å². The number of hydrogen-bond donors (Lipinski definition) is 1. The summed E-state index contributed by atoms with van der Waals surface area (Å²) in [5.41, 5.74) is 2.66. The Morgan fingerprint density at radius 1 is 1.03 bits per heavy atom. The maximum atomic E-state index is 13.8. The van der Waals surface area contributed by atoms with Crippen LogP contribution >= 0.6 is 0 Å². The highest BCUT2D eigenvalue weighted by Gasteiger charge is 2.27. The predicted octanol–water partition coefficient (Wildman–Crippen LogP) is 5.68. The second kappa shape index (κ2) is 12.1. The van der Waals surface area contributed by atoms with Crippen molar-refractivity contribution in [1.82, 2.24) is 14.8 Å². The van der Waals surface area contributed by atoms with Gasteiger partial charge in [0.2, 0.25) is 5.91 Å². The number of nitrogens with one attached hydrogen (secondary N) is 1. The summed E-state index contributed by atoms with van der Waals surface area (Å²) in [5.74, 6) is 1.11. The molecule has 1 N–H and O–H groups in total. The molecular weight excluding hydrogens is 450 g/mol. The number of carbonyl (C=O) groups excluding carboxylic acids is 2. The van der Waals surface area contributed by atoms with E-state index in [1.54, 1.807) is 4.90 Å². The number of aromatic nitrogens is 1. The van der Waals surface area contributed by atoms with Crippen molar-refractivity contribution < 1.29 is 14.3 Å². The van der Waals surface area contributed by atoms with E-state index >= 15 is 0 Å². The molecule has 0 radical (unpaired) electrons. The lowest BCUT2D eigenvalue weighted by molar-refractivity contribution is -0.134. The number of benzene rings is 2. The molecule has 0 bridgehead atoms. The average Bonchev–Trinajstić information content (AvgIpc) is 3.28. The fourth-order valence-electron chi connectivity index (χ4n) is 5.13. The van der Waals surface area contributed by atoms with E-state index in [4.69, 9.17) is 4.74 Å². The molecule has 3 aromatic rings. The molecule has 1 atom stereocenters. The zero-order valence-electron chi connectivity index (χ0n) is 21.8. The van der Waals surface area contributed by atoms with Crippen LogP contribution in [0.4, 0.5) is 0 Å². The molecule has 6 nitrogen and oxygen atoms in total. The Kier molecular flexibility index (Phi) is 8.68. The second-order valence-electron chi connectivity index (χ2n) is 10.4. The molecule has 2 heterocycles. The van der Waals surface area contributed by atoms with Gasteiger partial charge in [-0.3, -0.25) is 9.59 Å². The summed E-state index contributed by atoms with van der Waals surface area (Å²) >= 11 is 0. The molecule has 0 saturated heterocycles. The number of ether oxygens (including phenoxy) is 1. The quantitative estimate of drug-likeness (QED) is 0.513. The van der Waals surface area contributed by atoms with Crippen molar-refractivity contribution in [2.45, 2.75) is 58.4 Å². The molecule has 0 spiro atoms. The van der Waals surface area contributed by atoms with Crippen LogP contribution in [0.2, 0.25) is 0 Å². The molecule has 0 aliphatic carbocycles. The monoisotopic (exact) mass is 489 g/mol. The highest BCUT2D eigenvalue weighted by molar-refractivity contribution is 5.96. The van der Waals surface area contributed by atoms with Crippen LogP contribution in [-0.4, -0.2) is 59.4 Å². The summed E-state index contributed by atoms with van der Waals surface area (Å²) in [6.45, 7) is 6.16. The Morgan fingerprint density at radius 3 is 2.56 bits per heavy atom. The van der Waals surface area contributed by atoms with Gasteiger partial charge in [0.05, 0.1) is 18.0 Å². The van der Waals surface area contributed by atoms with Crippen LogP contribution in [-0.2, 0) is 11.2 Å². The molecule has 192 valence electrons. The van der Waals surface area contributed by atoms with E-state index in [-0.39, 0.29) is 17.9 Å². The SMILES string of the molecule is CC(C)C[C@H]1COc2ccccc2C(=O)N(C)CCCCCCN1C(=O)Cc1c[nH]c2ccccc12. The number of aromatic amines is 1. The maximum absolute atomic E-state index is 13.8. The van der Waals surface area contributed by atoms with Crippen LogP contribution in [0.25, 0.3) is 10.9 Å². The van der Waals surface area contributed by atoms with E-state index in [1.165, 1.54) is 0 Å². The van der Waals surface area contributed by atoms with Gasteiger partial charge in [0.25, 0.3) is 5.91 Å². The Balaban J connectivity index is 1.60. The zero-order valence-corrected chi connectivity index (χ0v) is 21.8.